The number of hydrogen-bond acceptors (Lipinski definition) is 7. The summed E-state index contributed by atoms with van der Waals surface area (Å²) in [7, 11) is 0. The number of Topliss-reactive ketones (excluding diaryl/α,β-unsaturated/α-hetero) is 2. The van der Waals surface area contributed by atoms with E-state index in [1.54, 1.807) is 0 Å². The highest BCUT2D eigenvalue weighted by atomic mass is 80.0. The number of aliphatic hydroxyl groups excluding tert-OH is 1. The fourth-order valence-electron chi connectivity index (χ4n) is 1.26. The van der Waals surface area contributed by atoms with Gasteiger partial charge >= 0.3 is 5.97 Å². The zero-order valence-electron chi connectivity index (χ0n) is 10.0. The van der Waals surface area contributed by atoms with Crippen LogP contribution in [0.1, 0.15) is 6.92 Å². The molecule has 0 saturated heterocycles. The van der Waals surface area contributed by atoms with Gasteiger partial charge < -0.3 is 15.3 Å². The van der Waals surface area contributed by atoms with Crippen molar-refractivity contribution in [1.29, 1.82) is 0 Å². The number of halogens is 3. The predicted octanol–water partition coefficient (Wildman–Crippen LogP) is -0.508. The summed E-state index contributed by atoms with van der Waals surface area (Å²) in [6.45, 7) is 1.29. The molecule has 8 nitrogen and oxygen atoms in total. The zero-order valence-corrected chi connectivity index (χ0v) is 14.8. The molecular weight excluding hydrogens is 472 g/mol. The van der Waals surface area contributed by atoms with E-state index < -0.39 is 37.7 Å². The van der Waals surface area contributed by atoms with E-state index in [1.165, 1.54) is 6.92 Å². The minimum atomic E-state index is -2.11. The average Bonchev–Trinajstić information content (AvgIpc) is 2.36. The molecule has 11 heteroatoms. The molecule has 3 atom stereocenters. The topological polar surface area (TPSA) is 136 Å². The Labute approximate surface area is 139 Å². The predicted molar refractivity (Wildman–Crippen MR) is 78.0 cm³/mol. The van der Waals surface area contributed by atoms with Crippen LogP contribution in [0.4, 0.5) is 0 Å². The van der Waals surface area contributed by atoms with E-state index in [2.05, 4.69) is 63.8 Å². The number of rotatable bonds is 7. The molecule has 0 aromatic rings. The van der Waals surface area contributed by atoms with Crippen LogP contribution in [-0.2, 0) is 24.0 Å². The van der Waals surface area contributed by atoms with Gasteiger partial charge in [0.1, 0.15) is 5.92 Å². The van der Waals surface area contributed by atoms with Crippen molar-refractivity contribution >= 4 is 71.7 Å². The number of ketones is 2. The van der Waals surface area contributed by atoms with Gasteiger partial charge in [-0.1, -0.05) is 47.8 Å². The highest BCUT2D eigenvalue weighted by Gasteiger charge is 2.47. The monoisotopic (exact) mass is 480 g/mol. The van der Waals surface area contributed by atoms with Crippen molar-refractivity contribution in [2.75, 3.05) is 0 Å². The van der Waals surface area contributed by atoms with E-state index in [4.69, 9.17) is 0 Å². The van der Waals surface area contributed by atoms with Crippen LogP contribution < -0.4 is 11.2 Å². The van der Waals surface area contributed by atoms with Crippen molar-refractivity contribution < 1.29 is 29.1 Å². The maximum absolute atomic E-state index is 12.1. The molecule has 0 heterocycles. The Hall–Kier alpha value is -0.360. The van der Waals surface area contributed by atoms with E-state index in [9.17, 15) is 24.3 Å². The number of carbonyl (C=O) groups excluding carboxylic acids is 4. The normalized spacial score (nSPS) is 15.7. The van der Waals surface area contributed by atoms with Gasteiger partial charge in [-0.3, -0.25) is 14.4 Å². The Morgan fingerprint density at radius 1 is 1.35 bits per heavy atom. The molecular formula is C9H11Br3N2O6. The third kappa shape index (κ3) is 5.20. The van der Waals surface area contributed by atoms with Gasteiger partial charge in [-0.05, 0) is 6.92 Å². The Morgan fingerprint density at radius 2 is 1.85 bits per heavy atom. The number of nitrogens with one attached hydrogen (secondary N) is 1. The van der Waals surface area contributed by atoms with E-state index >= 15 is 0 Å². The molecule has 4 N–H and O–H groups in total. The lowest BCUT2D eigenvalue weighted by molar-refractivity contribution is -0.162. The summed E-state index contributed by atoms with van der Waals surface area (Å²) in [4.78, 5) is 49.5. The zero-order chi connectivity index (χ0) is 16.1. The summed E-state index contributed by atoms with van der Waals surface area (Å²) in [5.74, 6) is -0.328. The van der Waals surface area contributed by atoms with E-state index in [0.717, 1.165) is 0 Å². The van der Waals surface area contributed by atoms with Crippen molar-refractivity contribution in [2.45, 2.75) is 21.2 Å². The molecule has 0 rings (SSSR count). The molecule has 0 aliphatic heterocycles. The van der Waals surface area contributed by atoms with Crippen molar-refractivity contribution in [3.8, 4) is 0 Å². The second-order valence-electron chi connectivity index (χ2n) is 3.63. The van der Waals surface area contributed by atoms with Crippen LogP contribution in [0.3, 0.4) is 0 Å². The minimum absolute atomic E-state index is 0.251. The highest BCUT2D eigenvalue weighted by Crippen LogP contribution is 2.38. The maximum atomic E-state index is 12.1. The van der Waals surface area contributed by atoms with E-state index in [0.29, 0.717) is 0 Å². The van der Waals surface area contributed by atoms with Crippen LogP contribution in [0.15, 0.2) is 0 Å². The Morgan fingerprint density at radius 3 is 2.20 bits per heavy atom. The van der Waals surface area contributed by atoms with Crippen LogP contribution in [0.25, 0.3) is 0 Å². The average molecular weight is 483 g/mol. The molecule has 2 unspecified atom stereocenters. The molecule has 0 aliphatic rings. The van der Waals surface area contributed by atoms with Gasteiger partial charge in [-0.15, -0.1) is 0 Å². The molecule has 20 heavy (non-hydrogen) atoms. The van der Waals surface area contributed by atoms with Crippen molar-refractivity contribution in [1.82, 2.24) is 5.32 Å². The van der Waals surface area contributed by atoms with Crippen LogP contribution in [-0.4, -0.2) is 43.3 Å². The second kappa shape index (κ2) is 8.17. The third-order valence-electron chi connectivity index (χ3n) is 2.29. The Kier molecular flexibility index (Phi) is 8.03. The van der Waals surface area contributed by atoms with Gasteiger partial charge in [0.2, 0.25) is 6.41 Å². The fraction of sp³-hybridized carbons (Fsp3) is 0.556. The molecule has 114 valence electrons. The Bertz CT molecular complexity index is 411. The van der Waals surface area contributed by atoms with Crippen LogP contribution in [0.5, 0.6) is 0 Å². The molecule has 0 fully saturated rings. The standard InChI is InChI=1S/C9H11Br3N2O6/c1-3(14-2-15)5(16)4(6(17)8(19)20-13)7(18)9(10,11)12/h2-4,6,17H,13H2,1H3,(H,14,15)/t3-,4?,6?/m1/s1. The van der Waals surface area contributed by atoms with Gasteiger partial charge in [0.25, 0.3) is 0 Å². The molecule has 0 saturated carbocycles. The second-order valence-corrected chi connectivity index (χ2v) is 10.4. The van der Waals surface area contributed by atoms with E-state index in [-0.39, 0.29) is 6.41 Å². The SMILES string of the molecule is C[C@@H](NC=O)C(=O)C(C(=O)C(Br)(Br)Br)C(O)C(=O)ON. The molecule has 0 bridgehead atoms. The molecule has 0 aromatic carbocycles. The first kappa shape index (κ1) is 19.6. The number of hydrogen-bond donors (Lipinski definition) is 3. The van der Waals surface area contributed by atoms with Gasteiger partial charge in [-0.2, -0.15) is 5.90 Å². The number of aliphatic hydroxyl groups is 1. The molecule has 0 aromatic heterocycles. The van der Waals surface area contributed by atoms with Crippen molar-refractivity contribution in [2.24, 2.45) is 11.8 Å². The van der Waals surface area contributed by atoms with Gasteiger partial charge in [-0.25, -0.2) is 4.79 Å². The number of amides is 1. The number of nitrogens with two attached hydrogens (primary N) is 1. The first-order chi connectivity index (χ1) is 9.07. The van der Waals surface area contributed by atoms with Gasteiger partial charge in [0.05, 0.1) is 6.04 Å². The van der Waals surface area contributed by atoms with Gasteiger partial charge in [0, 0.05) is 0 Å². The first-order valence-corrected chi connectivity index (χ1v) is 7.38. The minimum Gasteiger partial charge on any atom is -0.380 e. The summed E-state index contributed by atoms with van der Waals surface area (Å²) in [5.41, 5.74) is 0. The van der Waals surface area contributed by atoms with E-state index in [1.807, 2.05) is 0 Å². The van der Waals surface area contributed by atoms with Crippen LogP contribution in [0, 0.1) is 5.92 Å². The summed E-state index contributed by atoms with van der Waals surface area (Å²) >= 11 is 8.66. The molecule has 0 radical (unpaired) electrons. The van der Waals surface area contributed by atoms with Crippen molar-refractivity contribution in [3.63, 3.8) is 0 Å². The lowest BCUT2D eigenvalue weighted by Gasteiger charge is -2.24. The summed E-state index contributed by atoms with van der Waals surface area (Å²) in [6.07, 6.45) is -1.86. The number of alkyl halides is 3. The summed E-state index contributed by atoms with van der Waals surface area (Å²) in [6, 6.07) is -1.10. The van der Waals surface area contributed by atoms with Crippen molar-refractivity contribution in [3.05, 3.63) is 0 Å². The smallest absolute Gasteiger partial charge is 0.354 e. The summed E-state index contributed by atoms with van der Waals surface area (Å²) < 4.78 is -1.54. The lowest BCUT2D eigenvalue weighted by Crippen LogP contribution is -2.50. The Balaban J connectivity index is 5.48. The molecule has 0 spiro atoms. The van der Waals surface area contributed by atoms with Gasteiger partial charge in [0.15, 0.2) is 19.8 Å². The molecule has 0 aliphatic carbocycles. The third-order valence-corrected chi connectivity index (χ3v) is 3.46. The maximum Gasteiger partial charge on any atom is 0.354 e. The van der Waals surface area contributed by atoms with Crippen LogP contribution >= 0.6 is 47.8 Å². The molecule has 1 amide bonds. The lowest BCUT2D eigenvalue weighted by atomic mass is 9.90. The first-order valence-electron chi connectivity index (χ1n) is 5.01. The highest BCUT2D eigenvalue weighted by molar-refractivity contribution is 9.40. The van der Waals surface area contributed by atoms with Crippen LogP contribution in [0.2, 0.25) is 0 Å². The summed E-state index contributed by atoms with van der Waals surface area (Å²) in [5, 5.41) is 11.8. The number of carbonyl (C=O) groups is 4. The largest absolute Gasteiger partial charge is 0.380 e. The quantitative estimate of drug-likeness (QED) is 0.192. The fourth-order valence-corrected chi connectivity index (χ4v) is 2.00.